The van der Waals surface area contributed by atoms with Gasteiger partial charge in [0.2, 0.25) is 0 Å². The van der Waals surface area contributed by atoms with Crippen molar-refractivity contribution in [2.75, 3.05) is 19.6 Å². The highest BCUT2D eigenvalue weighted by atomic mass is 14.9. The summed E-state index contributed by atoms with van der Waals surface area (Å²) in [7, 11) is 0. The molecule has 0 spiro atoms. The molecule has 1 fully saturated rings. The normalized spacial score (nSPS) is 27.5. The smallest absolute Gasteiger partial charge is 0.0303 e. The molecule has 0 saturated carbocycles. The summed E-state index contributed by atoms with van der Waals surface area (Å²) in [6.45, 7) is 2.91. The first-order valence-corrected chi connectivity index (χ1v) is 5.22. The number of nitrogens with zero attached hydrogens (tertiary/aromatic N) is 1. The number of hydrogen-bond donors (Lipinski definition) is 2. The molecule has 76 valence electrons. The minimum Gasteiger partial charge on any atom is -0.330 e. The molecule has 1 aromatic heterocycles. The quantitative estimate of drug-likeness (QED) is 0.724. The van der Waals surface area contributed by atoms with E-state index in [1.165, 1.54) is 12.0 Å². The van der Waals surface area contributed by atoms with Gasteiger partial charge in [0.1, 0.15) is 0 Å². The third-order valence-electron chi connectivity index (χ3n) is 3.04. The van der Waals surface area contributed by atoms with Crippen LogP contribution in [0.2, 0.25) is 0 Å². The van der Waals surface area contributed by atoms with Crippen molar-refractivity contribution in [3.05, 3.63) is 30.1 Å². The van der Waals surface area contributed by atoms with Crippen molar-refractivity contribution in [1.29, 1.82) is 0 Å². The Morgan fingerprint density at radius 1 is 1.57 bits per heavy atom. The largest absolute Gasteiger partial charge is 0.330 e. The minimum atomic E-state index is 0.544. The molecule has 0 amide bonds. The van der Waals surface area contributed by atoms with Crippen LogP contribution in [-0.4, -0.2) is 24.6 Å². The van der Waals surface area contributed by atoms with Gasteiger partial charge in [0.15, 0.2) is 0 Å². The molecule has 2 rings (SSSR count). The molecule has 1 aromatic rings. The Bertz CT molecular complexity index is 273. The van der Waals surface area contributed by atoms with Gasteiger partial charge < -0.3 is 11.1 Å². The second kappa shape index (κ2) is 4.53. The van der Waals surface area contributed by atoms with E-state index in [9.17, 15) is 0 Å². The van der Waals surface area contributed by atoms with E-state index in [-0.39, 0.29) is 0 Å². The van der Waals surface area contributed by atoms with Crippen molar-refractivity contribution in [3.8, 4) is 0 Å². The van der Waals surface area contributed by atoms with Crippen molar-refractivity contribution < 1.29 is 0 Å². The average Bonchev–Trinajstić information content (AvgIpc) is 2.30. The maximum absolute atomic E-state index is 5.78. The summed E-state index contributed by atoms with van der Waals surface area (Å²) in [6, 6.07) is 4.14. The Kier molecular flexibility index (Phi) is 3.11. The summed E-state index contributed by atoms with van der Waals surface area (Å²) in [5.41, 5.74) is 7.10. The van der Waals surface area contributed by atoms with Crippen LogP contribution in [0.15, 0.2) is 24.5 Å². The van der Waals surface area contributed by atoms with Crippen molar-refractivity contribution in [1.82, 2.24) is 10.3 Å². The fourth-order valence-corrected chi connectivity index (χ4v) is 2.18. The summed E-state index contributed by atoms with van der Waals surface area (Å²) >= 11 is 0. The monoisotopic (exact) mass is 191 g/mol. The lowest BCUT2D eigenvalue weighted by Gasteiger charge is -2.31. The van der Waals surface area contributed by atoms with Gasteiger partial charge in [-0.2, -0.15) is 0 Å². The Balaban J connectivity index is 2.15. The maximum Gasteiger partial charge on any atom is 0.0303 e. The van der Waals surface area contributed by atoms with E-state index in [0.717, 1.165) is 19.6 Å². The first kappa shape index (κ1) is 9.62. The molecule has 14 heavy (non-hydrogen) atoms. The van der Waals surface area contributed by atoms with Gasteiger partial charge in [0.25, 0.3) is 0 Å². The molecule has 0 radical (unpaired) electrons. The summed E-state index contributed by atoms with van der Waals surface area (Å²) in [5.74, 6) is 1.16. The molecule has 2 heterocycles. The molecule has 2 atom stereocenters. The van der Waals surface area contributed by atoms with E-state index >= 15 is 0 Å². The van der Waals surface area contributed by atoms with Gasteiger partial charge in [-0.1, -0.05) is 6.07 Å². The Labute approximate surface area is 84.7 Å². The van der Waals surface area contributed by atoms with E-state index in [1.807, 2.05) is 18.5 Å². The molecule has 0 aromatic carbocycles. The predicted molar refractivity (Wildman–Crippen MR) is 57.0 cm³/mol. The minimum absolute atomic E-state index is 0.544. The van der Waals surface area contributed by atoms with Crippen LogP contribution >= 0.6 is 0 Å². The van der Waals surface area contributed by atoms with E-state index < -0.39 is 0 Å². The lowest BCUT2D eigenvalue weighted by molar-refractivity contribution is 0.330. The highest BCUT2D eigenvalue weighted by Crippen LogP contribution is 2.27. The van der Waals surface area contributed by atoms with Gasteiger partial charge in [-0.3, -0.25) is 4.98 Å². The van der Waals surface area contributed by atoms with Gasteiger partial charge in [0, 0.05) is 24.9 Å². The highest BCUT2D eigenvalue weighted by molar-refractivity contribution is 5.17. The van der Waals surface area contributed by atoms with Crippen LogP contribution in [0.3, 0.4) is 0 Å². The summed E-state index contributed by atoms with van der Waals surface area (Å²) in [6.07, 6.45) is 4.95. The molecular weight excluding hydrogens is 174 g/mol. The van der Waals surface area contributed by atoms with Gasteiger partial charge in [-0.05, 0) is 37.1 Å². The molecule has 1 saturated heterocycles. The fraction of sp³-hybridized carbons (Fsp3) is 0.545. The van der Waals surface area contributed by atoms with Gasteiger partial charge in [0.05, 0.1) is 0 Å². The second-order valence-electron chi connectivity index (χ2n) is 3.88. The molecule has 1 aliphatic rings. The maximum atomic E-state index is 5.78. The Morgan fingerprint density at radius 3 is 3.21 bits per heavy atom. The topological polar surface area (TPSA) is 50.9 Å². The standard InChI is InChI=1S/C11H17N3/c12-6-9-3-5-14-8-11(9)10-2-1-4-13-7-10/h1-2,4,7,9,11,14H,3,5-6,8,12H2. The third-order valence-corrected chi connectivity index (χ3v) is 3.04. The van der Waals surface area contributed by atoms with Crippen LogP contribution < -0.4 is 11.1 Å². The van der Waals surface area contributed by atoms with Crippen LogP contribution in [0.5, 0.6) is 0 Å². The lowest BCUT2D eigenvalue weighted by Crippen LogP contribution is -2.38. The van der Waals surface area contributed by atoms with Crippen LogP contribution in [0, 0.1) is 5.92 Å². The molecule has 3 heteroatoms. The van der Waals surface area contributed by atoms with Crippen LogP contribution in [0.1, 0.15) is 17.9 Å². The van der Waals surface area contributed by atoms with Crippen LogP contribution in [0.4, 0.5) is 0 Å². The molecule has 1 aliphatic heterocycles. The van der Waals surface area contributed by atoms with E-state index in [4.69, 9.17) is 5.73 Å². The van der Waals surface area contributed by atoms with E-state index in [0.29, 0.717) is 11.8 Å². The number of nitrogens with one attached hydrogen (secondary N) is 1. The number of pyridine rings is 1. The number of rotatable bonds is 2. The summed E-state index contributed by atoms with van der Waals surface area (Å²) in [4.78, 5) is 4.16. The fourth-order valence-electron chi connectivity index (χ4n) is 2.18. The SMILES string of the molecule is NCC1CCNCC1c1cccnc1. The van der Waals surface area contributed by atoms with Gasteiger partial charge in [-0.25, -0.2) is 0 Å². The lowest BCUT2D eigenvalue weighted by atomic mass is 9.82. The van der Waals surface area contributed by atoms with Crippen molar-refractivity contribution >= 4 is 0 Å². The number of aromatic nitrogens is 1. The number of piperidine rings is 1. The molecule has 0 bridgehead atoms. The van der Waals surface area contributed by atoms with Crippen molar-refractivity contribution in [2.24, 2.45) is 11.7 Å². The van der Waals surface area contributed by atoms with E-state index in [2.05, 4.69) is 16.4 Å². The summed E-state index contributed by atoms with van der Waals surface area (Å²) in [5, 5.41) is 3.41. The number of hydrogen-bond acceptors (Lipinski definition) is 3. The van der Waals surface area contributed by atoms with Crippen LogP contribution in [-0.2, 0) is 0 Å². The summed E-state index contributed by atoms with van der Waals surface area (Å²) < 4.78 is 0. The number of nitrogens with two attached hydrogens (primary N) is 1. The zero-order valence-electron chi connectivity index (χ0n) is 8.32. The van der Waals surface area contributed by atoms with Crippen LogP contribution in [0.25, 0.3) is 0 Å². The second-order valence-corrected chi connectivity index (χ2v) is 3.88. The van der Waals surface area contributed by atoms with Crippen molar-refractivity contribution in [2.45, 2.75) is 12.3 Å². The molecule has 2 unspecified atom stereocenters. The Hall–Kier alpha value is -0.930. The van der Waals surface area contributed by atoms with Crippen molar-refractivity contribution in [3.63, 3.8) is 0 Å². The zero-order valence-corrected chi connectivity index (χ0v) is 8.32. The zero-order chi connectivity index (χ0) is 9.80. The average molecular weight is 191 g/mol. The van der Waals surface area contributed by atoms with Gasteiger partial charge >= 0.3 is 0 Å². The van der Waals surface area contributed by atoms with Gasteiger partial charge in [-0.15, -0.1) is 0 Å². The molecule has 3 N–H and O–H groups in total. The third kappa shape index (κ3) is 1.94. The Morgan fingerprint density at radius 2 is 2.50 bits per heavy atom. The molecule has 0 aliphatic carbocycles. The molecular formula is C11H17N3. The first-order chi connectivity index (χ1) is 6.92. The predicted octanol–water partition coefficient (Wildman–Crippen LogP) is 0.733. The van der Waals surface area contributed by atoms with E-state index in [1.54, 1.807) is 0 Å². The highest BCUT2D eigenvalue weighted by Gasteiger charge is 2.24. The first-order valence-electron chi connectivity index (χ1n) is 5.22. The molecule has 3 nitrogen and oxygen atoms in total.